The summed E-state index contributed by atoms with van der Waals surface area (Å²) in [5, 5.41) is 6.21. The summed E-state index contributed by atoms with van der Waals surface area (Å²) in [5.74, 6) is 0.632. The Bertz CT molecular complexity index is 642. The third-order valence-electron chi connectivity index (χ3n) is 2.84. The molecule has 0 aromatic carbocycles. The number of nitrogens with one attached hydrogen (secondary N) is 1. The lowest BCUT2D eigenvalue weighted by molar-refractivity contribution is 0.0526. The van der Waals surface area contributed by atoms with Crippen LogP contribution in [-0.2, 0) is 4.74 Å². The largest absolute Gasteiger partial charge is 0.462 e. The SMILES string of the molecule is CCOC(=O)c1cnc(C)nc1NC(C)c1csc(C)n1. The standard InChI is InChI=1S/C14H18N4O2S/c1-5-20-14(19)11-6-15-9(3)17-13(11)16-8(2)12-7-21-10(4)18-12/h6-8H,5H2,1-4H3,(H,15,16,17). The number of carbonyl (C=O) groups excluding carboxylic acids is 1. The van der Waals surface area contributed by atoms with Gasteiger partial charge < -0.3 is 10.1 Å². The molecule has 2 aromatic heterocycles. The van der Waals surface area contributed by atoms with E-state index in [2.05, 4.69) is 20.3 Å². The van der Waals surface area contributed by atoms with Gasteiger partial charge in [-0.2, -0.15) is 0 Å². The second-order valence-electron chi connectivity index (χ2n) is 4.56. The van der Waals surface area contributed by atoms with Gasteiger partial charge in [0, 0.05) is 11.6 Å². The fourth-order valence-electron chi connectivity index (χ4n) is 1.80. The molecular formula is C14H18N4O2S. The molecule has 0 fully saturated rings. The van der Waals surface area contributed by atoms with Crippen LogP contribution in [0.3, 0.4) is 0 Å². The van der Waals surface area contributed by atoms with Crippen LogP contribution < -0.4 is 5.32 Å². The highest BCUT2D eigenvalue weighted by Gasteiger charge is 2.18. The summed E-state index contributed by atoms with van der Waals surface area (Å²) >= 11 is 1.59. The summed E-state index contributed by atoms with van der Waals surface area (Å²) in [6, 6.07) is -0.0579. The Kier molecular flexibility index (Phi) is 4.85. The van der Waals surface area contributed by atoms with Crippen LogP contribution in [0, 0.1) is 13.8 Å². The van der Waals surface area contributed by atoms with Crippen molar-refractivity contribution in [3.63, 3.8) is 0 Å². The Hall–Kier alpha value is -2.02. The van der Waals surface area contributed by atoms with E-state index in [1.165, 1.54) is 6.20 Å². The topological polar surface area (TPSA) is 77.0 Å². The maximum Gasteiger partial charge on any atom is 0.343 e. The molecular weight excluding hydrogens is 288 g/mol. The number of anilines is 1. The molecule has 0 aliphatic carbocycles. The number of rotatable bonds is 5. The van der Waals surface area contributed by atoms with Gasteiger partial charge in [-0.1, -0.05) is 0 Å². The molecule has 0 amide bonds. The van der Waals surface area contributed by atoms with E-state index in [1.54, 1.807) is 25.2 Å². The Morgan fingerprint density at radius 3 is 2.81 bits per heavy atom. The molecule has 1 N–H and O–H groups in total. The van der Waals surface area contributed by atoms with Gasteiger partial charge in [0.1, 0.15) is 17.2 Å². The van der Waals surface area contributed by atoms with Gasteiger partial charge in [0.2, 0.25) is 0 Å². The molecule has 21 heavy (non-hydrogen) atoms. The average Bonchev–Trinajstić information content (AvgIpc) is 2.86. The van der Waals surface area contributed by atoms with Crippen molar-refractivity contribution in [2.24, 2.45) is 0 Å². The highest BCUT2D eigenvalue weighted by atomic mass is 32.1. The molecule has 2 heterocycles. The van der Waals surface area contributed by atoms with Gasteiger partial charge in [0.25, 0.3) is 0 Å². The van der Waals surface area contributed by atoms with Gasteiger partial charge in [-0.25, -0.2) is 19.7 Å². The molecule has 2 aromatic rings. The van der Waals surface area contributed by atoms with Crippen LogP contribution in [0.2, 0.25) is 0 Å². The summed E-state index contributed by atoms with van der Waals surface area (Å²) in [6.07, 6.45) is 1.49. The average molecular weight is 306 g/mol. The summed E-state index contributed by atoms with van der Waals surface area (Å²) in [7, 11) is 0. The predicted octanol–water partition coefficient (Wildman–Crippen LogP) is 2.90. The molecule has 6 nitrogen and oxygen atoms in total. The minimum Gasteiger partial charge on any atom is -0.462 e. The van der Waals surface area contributed by atoms with Gasteiger partial charge in [-0.05, 0) is 27.7 Å². The van der Waals surface area contributed by atoms with Crippen molar-refractivity contribution in [3.05, 3.63) is 33.7 Å². The predicted molar refractivity (Wildman–Crippen MR) is 81.6 cm³/mol. The first kappa shape index (κ1) is 15.4. The summed E-state index contributed by atoms with van der Waals surface area (Å²) < 4.78 is 5.03. The second kappa shape index (κ2) is 6.62. The second-order valence-corrected chi connectivity index (χ2v) is 5.62. The van der Waals surface area contributed by atoms with Crippen molar-refractivity contribution in [1.82, 2.24) is 15.0 Å². The Labute approximate surface area is 127 Å². The Balaban J connectivity index is 2.25. The molecule has 1 unspecified atom stereocenters. The fourth-order valence-corrected chi connectivity index (χ4v) is 2.50. The van der Waals surface area contributed by atoms with Gasteiger partial charge in [-0.15, -0.1) is 11.3 Å². The van der Waals surface area contributed by atoms with Gasteiger partial charge in [0.05, 0.1) is 23.4 Å². The first-order valence-electron chi connectivity index (χ1n) is 6.70. The van der Waals surface area contributed by atoms with Gasteiger partial charge in [0.15, 0.2) is 0 Å². The fraction of sp³-hybridized carbons (Fsp3) is 0.429. The molecule has 0 saturated carbocycles. The highest BCUT2D eigenvalue weighted by molar-refractivity contribution is 7.09. The van der Waals surface area contributed by atoms with E-state index in [0.29, 0.717) is 23.8 Å². The van der Waals surface area contributed by atoms with Crippen LogP contribution in [0.1, 0.15) is 46.8 Å². The number of thiazole rings is 1. The zero-order valence-corrected chi connectivity index (χ0v) is 13.3. The molecule has 0 spiro atoms. The van der Waals surface area contributed by atoms with Gasteiger partial charge in [-0.3, -0.25) is 0 Å². The van der Waals surface area contributed by atoms with Crippen molar-refractivity contribution in [2.45, 2.75) is 33.7 Å². The lowest BCUT2D eigenvalue weighted by Gasteiger charge is -2.15. The van der Waals surface area contributed by atoms with Crippen molar-refractivity contribution in [1.29, 1.82) is 0 Å². The first-order chi connectivity index (χ1) is 10.0. The number of hydrogen-bond acceptors (Lipinski definition) is 7. The van der Waals surface area contributed by atoms with Crippen LogP contribution in [-0.4, -0.2) is 27.5 Å². The molecule has 112 valence electrons. The number of aryl methyl sites for hydroxylation is 2. The molecule has 7 heteroatoms. The van der Waals surface area contributed by atoms with E-state index in [0.717, 1.165) is 10.7 Å². The number of aromatic nitrogens is 3. The lowest BCUT2D eigenvalue weighted by Crippen LogP contribution is -2.15. The molecule has 2 rings (SSSR count). The zero-order valence-electron chi connectivity index (χ0n) is 12.5. The van der Waals surface area contributed by atoms with Crippen molar-refractivity contribution in [2.75, 3.05) is 11.9 Å². The molecule has 0 aliphatic heterocycles. The van der Waals surface area contributed by atoms with E-state index in [1.807, 2.05) is 19.2 Å². The van der Waals surface area contributed by atoms with Crippen molar-refractivity contribution < 1.29 is 9.53 Å². The zero-order chi connectivity index (χ0) is 15.4. The normalized spacial score (nSPS) is 12.0. The van der Waals surface area contributed by atoms with Crippen LogP contribution in [0.15, 0.2) is 11.6 Å². The molecule has 0 radical (unpaired) electrons. The maximum atomic E-state index is 11.9. The number of carbonyl (C=O) groups is 1. The lowest BCUT2D eigenvalue weighted by atomic mass is 10.2. The smallest absolute Gasteiger partial charge is 0.343 e. The quantitative estimate of drug-likeness (QED) is 0.856. The molecule has 1 atom stereocenters. The molecule has 0 bridgehead atoms. The third-order valence-corrected chi connectivity index (χ3v) is 3.63. The van der Waals surface area contributed by atoms with Crippen LogP contribution in [0.25, 0.3) is 0 Å². The number of hydrogen-bond donors (Lipinski definition) is 1. The highest BCUT2D eigenvalue weighted by Crippen LogP contribution is 2.22. The molecule has 0 saturated heterocycles. The van der Waals surface area contributed by atoms with Crippen LogP contribution in [0.4, 0.5) is 5.82 Å². The Morgan fingerprint density at radius 2 is 2.19 bits per heavy atom. The summed E-state index contributed by atoms with van der Waals surface area (Å²) in [6.45, 7) is 7.78. The monoisotopic (exact) mass is 306 g/mol. The van der Waals surface area contributed by atoms with E-state index in [9.17, 15) is 4.79 Å². The van der Waals surface area contributed by atoms with Crippen LogP contribution in [0.5, 0.6) is 0 Å². The number of ether oxygens (including phenoxy) is 1. The van der Waals surface area contributed by atoms with Crippen molar-refractivity contribution in [3.8, 4) is 0 Å². The van der Waals surface area contributed by atoms with E-state index >= 15 is 0 Å². The summed E-state index contributed by atoms with van der Waals surface area (Å²) in [5.41, 5.74) is 1.25. The van der Waals surface area contributed by atoms with Crippen molar-refractivity contribution >= 4 is 23.1 Å². The number of esters is 1. The van der Waals surface area contributed by atoms with E-state index in [4.69, 9.17) is 4.74 Å². The van der Waals surface area contributed by atoms with Crippen LogP contribution >= 0.6 is 11.3 Å². The molecule has 0 aliphatic rings. The Morgan fingerprint density at radius 1 is 1.43 bits per heavy atom. The first-order valence-corrected chi connectivity index (χ1v) is 7.58. The summed E-state index contributed by atoms with van der Waals surface area (Å²) in [4.78, 5) is 24.7. The van der Waals surface area contributed by atoms with E-state index in [-0.39, 0.29) is 6.04 Å². The van der Waals surface area contributed by atoms with Gasteiger partial charge >= 0.3 is 5.97 Å². The minimum atomic E-state index is -0.429. The minimum absolute atomic E-state index is 0.0579. The third kappa shape index (κ3) is 3.75. The number of nitrogens with zero attached hydrogens (tertiary/aromatic N) is 3. The maximum absolute atomic E-state index is 11.9. The van der Waals surface area contributed by atoms with E-state index < -0.39 is 5.97 Å².